The summed E-state index contributed by atoms with van der Waals surface area (Å²) >= 11 is 1.83. The predicted molar refractivity (Wildman–Crippen MR) is 97.6 cm³/mol. The molecule has 21 heavy (non-hydrogen) atoms. The van der Waals surface area contributed by atoms with Crippen molar-refractivity contribution < 1.29 is 8.78 Å². The summed E-state index contributed by atoms with van der Waals surface area (Å²) in [7, 11) is 1.65. The van der Waals surface area contributed by atoms with E-state index in [0.29, 0.717) is 5.96 Å². The monoisotopic (exact) mass is 429 g/mol. The van der Waals surface area contributed by atoms with Gasteiger partial charge in [-0.3, -0.25) is 4.99 Å². The zero-order chi connectivity index (χ0) is 14.8. The third kappa shape index (κ3) is 8.45. The van der Waals surface area contributed by atoms with Crippen molar-refractivity contribution in [3.63, 3.8) is 0 Å². The Hall–Kier alpha value is -0.570. The third-order valence-electron chi connectivity index (χ3n) is 2.75. The quantitative estimate of drug-likeness (QED) is 0.302. The number of hydrogen-bond acceptors (Lipinski definition) is 2. The summed E-state index contributed by atoms with van der Waals surface area (Å²) < 4.78 is 26.5. The zero-order valence-corrected chi connectivity index (χ0v) is 15.4. The van der Waals surface area contributed by atoms with Gasteiger partial charge in [-0.05, 0) is 43.0 Å². The van der Waals surface area contributed by atoms with Crippen LogP contribution in [0.15, 0.2) is 23.2 Å². The molecule has 0 fully saturated rings. The molecule has 1 rings (SSSR count). The molecule has 0 aliphatic heterocycles. The Morgan fingerprint density at radius 1 is 1.24 bits per heavy atom. The molecule has 0 saturated carbocycles. The van der Waals surface area contributed by atoms with Gasteiger partial charge in [-0.1, -0.05) is 0 Å². The number of nitrogens with zero attached hydrogens (tertiary/aromatic N) is 1. The minimum atomic E-state index is -0.441. The number of benzene rings is 1. The standard InChI is InChI=1S/C14H21F2N3S.HI/c1-17-14(18-7-3-4-8-20-2)19-10-11-9-12(15)5-6-13(11)16;/h5-6,9H,3-4,7-8,10H2,1-2H3,(H2,17,18,19);1H. The highest BCUT2D eigenvalue weighted by molar-refractivity contribution is 14.0. The van der Waals surface area contributed by atoms with Gasteiger partial charge in [-0.15, -0.1) is 24.0 Å². The molecule has 0 heterocycles. The molecule has 0 amide bonds. The highest BCUT2D eigenvalue weighted by Crippen LogP contribution is 2.09. The lowest BCUT2D eigenvalue weighted by Gasteiger charge is -2.12. The fourth-order valence-corrected chi connectivity index (χ4v) is 2.15. The summed E-state index contributed by atoms with van der Waals surface area (Å²) in [6, 6.07) is 3.43. The van der Waals surface area contributed by atoms with E-state index in [-0.39, 0.29) is 36.1 Å². The van der Waals surface area contributed by atoms with E-state index in [4.69, 9.17) is 0 Å². The molecule has 0 spiro atoms. The van der Waals surface area contributed by atoms with Gasteiger partial charge >= 0.3 is 0 Å². The van der Waals surface area contributed by atoms with Crippen LogP contribution in [0.2, 0.25) is 0 Å². The van der Waals surface area contributed by atoms with E-state index in [1.54, 1.807) is 7.05 Å². The van der Waals surface area contributed by atoms with Crippen molar-refractivity contribution >= 4 is 41.7 Å². The van der Waals surface area contributed by atoms with Crippen molar-refractivity contribution in [2.24, 2.45) is 4.99 Å². The van der Waals surface area contributed by atoms with E-state index in [2.05, 4.69) is 21.9 Å². The second-order valence-corrected chi connectivity index (χ2v) is 5.27. The SMILES string of the molecule is CN=C(NCCCCSC)NCc1cc(F)ccc1F.I. The predicted octanol–water partition coefficient (Wildman–Crippen LogP) is 3.39. The molecule has 2 N–H and O–H groups in total. The molecule has 0 bridgehead atoms. The van der Waals surface area contributed by atoms with E-state index in [1.165, 1.54) is 6.07 Å². The van der Waals surface area contributed by atoms with Crippen LogP contribution < -0.4 is 10.6 Å². The molecule has 3 nitrogen and oxygen atoms in total. The normalized spacial score (nSPS) is 11.0. The first-order chi connectivity index (χ1) is 9.67. The highest BCUT2D eigenvalue weighted by atomic mass is 127. The lowest BCUT2D eigenvalue weighted by atomic mass is 10.2. The van der Waals surface area contributed by atoms with E-state index >= 15 is 0 Å². The van der Waals surface area contributed by atoms with Crippen molar-refractivity contribution in [1.29, 1.82) is 0 Å². The molecule has 0 radical (unpaired) electrons. The van der Waals surface area contributed by atoms with Crippen molar-refractivity contribution in [2.75, 3.05) is 25.6 Å². The first-order valence-electron chi connectivity index (χ1n) is 6.54. The maximum atomic E-state index is 13.4. The lowest BCUT2D eigenvalue weighted by molar-refractivity contribution is 0.581. The molecule has 0 unspecified atom stereocenters. The first kappa shape index (κ1) is 20.4. The van der Waals surface area contributed by atoms with Gasteiger partial charge in [0.15, 0.2) is 5.96 Å². The van der Waals surface area contributed by atoms with Gasteiger partial charge in [-0.2, -0.15) is 11.8 Å². The maximum Gasteiger partial charge on any atom is 0.191 e. The van der Waals surface area contributed by atoms with Gasteiger partial charge in [0.05, 0.1) is 0 Å². The van der Waals surface area contributed by atoms with Gasteiger partial charge in [0.2, 0.25) is 0 Å². The molecule has 0 aliphatic carbocycles. The molecular formula is C14H22F2IN3S. The van der Waals surface area contributed by atoms with Crippen molar-refractivity contribution in [1.82, 2.24) is 10.6 Å². The molecule has 7 heteroatoms. The van der Waals surface area contributed by atoms with Crippen LogP contribution in [0, 0.1) is 11.6 Å². The third-order valence-corrected chi connectivity index (χ3v) is 3.44. The number of halogens is 3. The van der Waals surface area contributed by atoms with Crippen molar-refractivity contribution in [3.8, 4) is 0 Å². The number of hydrogen-bond donors (Lipinski definition) is 2. The lowest BCUT2D eigenvalue weighted by Crippen LogP contribution is -2.37. The Morgan fingerprint density at radius 3 is 2.67 bits per heavy atom. The number of guanidine groups is 1. The van der Waals surface area contributed by atoms with E-state index in [9.17, 15) is 8.78 Å². The molecule has 0 aromatic heterocycles. The highest BCUT2D eigenvalue weighted by Gasteiger charge is 2.04. The second kappa shape index (κ2) is 12.0. The minimum Gasteiger partial charge on any atom is -0.356 e. The number of thioether (sulfide) groups is 1. The van der Waals surface area contributed by atoms with E-state index < -0.39 is 11.6 Å². The number of nitrogens with one attached hydrogen (secondary N) is 2. The molecule has 1 aromatic rings. The Labute approximate surface area is 146 Å². The second-order valence-electron chi connectivity index (χ2n) is 4.29. The fourth-order valence-electron chi connectivity index (χ4n) is 1.66. The summed E-state index contributed by atoms with van der Waals surface area (Å²) in [4.78, 5) is 4.05. The first-order valence-corrected chi connectivity index (χ1v) is 7.94. The van der Waals surface area contributed by atoms with Crippen LogP contribution in [-0.4, -0.2) is 31.6 Å². The van der Waals surface area contributed by atoms with Crippen molar-refractivity contribution in [3.05, 3.63) is 35.4 Å². The maximum absolute atomic E-state index is 13.4. The van der Waals surface area contributed by atoms with Gasteiger partial charge in [0.1, 0.15) is 11.6 Å². The van der Waals surface area contributed by atoms with Crippen molar-refractivity contribution in [2.45, 2.75) is 19.4 Å². The van der Waals surface area contributed by atoms with E-state index in [1.807, 2.05) is 11.8 Å². The number of rotatable bonds is 7. The number of aliphatic imine (C=N–C) groups is 1. The molecule has 0 saturated heterocycles. The van der Waals surface area contributed by atoms with Gasteiger partial charge in [-0.25, -0.2) is 8.78 Å². The number of unbranched alkanes of at least 4 members (excludes halogenated alkanes) is 1. The Kier molecular flexibility index (Phi) is 11.7. The van der Waals surface area contributed by atoms with Crippen LogP contribution in [-0.2, 0) is 6.54 Å². The largest absolute Gasteiger partial charge is 0.356 e. The average Bonchev–Trinajstić information content (AvgIpc) is 2.45. The molecule has 120 valence electrons. The van der Waals surface area contributed by atoms with Crippen LogP contribution in [0.3, 0.4) is 0 Å². The minimum absolute atomic E-state index is 0. The van der Waals surface area contributed by atoms with Crippen LogP contribution in [0.1, 0.15) is 18.4 Å². The van der Waals surface area contributed by atoms with Gasteiger partial charge in [0.25, 0.3) is 0 Å². The van der Waals surface area contributed by atoms with Crippen LogP contribution in [0.4, 0.5) is 8.78 Å². The Bertz CT molecular complexity index is 444. The topological polar surface area (TPSA) is 36.4 Å². The molecule has 0 aliphatic rings. The van der Waals surface area contributed by atoms with Crippen LogP contribution in [0.25, 0.3) is 0 Å². The smallest absolute Gasteiger partial charge is 0.191 e. The van der Waals surface area contributed by atoms with Crippen LogP contribution >= 0.6 is 35.7 Å². The summed E-state index contributed by atoms with van der Waals surface area (Å²) in [5.41, 5.74) is 0.287. The Morgan fingerprint density at radius 2 is 2.00 bits per heavy atom. The zero-order valence-electron chi connectivity index (χ0n) is 12.3. The summed E-state index contributed by atoms with van der Waals surface area (Å²) in [6.45, 7) is 1.01. The molecular weight excluding hydrogens is 407 g/mol. The molecule has 1 aromatic carbocycles. The fraction of sp³-hybridized carbons (Fsp3) is 0.500. The summed E-state index contributed by atoms with van der Waals surface area (Å²) in [5.74, 6) is 0.873. The van der Waals surface area contributed by atoms with E-state index in [0.717, 1.165) is 37.3 Å². The Balaban J connectivity index is 0.00000400. The van der Waals surface area contributed by atoms with Gasteiger partial charge < -0.3 is 10.6 Å². The summed E-state index contributed by atoms with van der Waals surface area (Å²) in [5, 5.41) is 6.12. The van der Waals surface area contributed by atoms with Gasteiger partial charge in [0, 0.05) is 25.7 Å². The summed E-state index contributed by atoms with van der Waals surface area (Å²) in [6.07, 6.45) is 4.28. The average molecular weight is 429 g/mol. The molecule has 0 atom stereocenters. The van der Waals surface area contributed by atoms with Crippen LogP contribution in [0.5, 0.6) is 0 Å².